The molecule has 5 nitrogen and oxygen atoms in total. The van der Waals surface area contributed by atoms with Crippen LogP contribution in [0.2, 0.25) is 0 Å². The quantitative estimate of drug-likeness (QED) is 0.912. The van der Waals surface area contributed by atoms with Crippen molar-refractivity contribution in [2.75, 3.05) is 0 Å². The van der Waals surface area contributed by atoms with Gasteiger partial charge < -0.3 is 5.32 Å². The molecule has 0 saturated carbocycles. The van der Waals surface area contributed by atoms with Crippen LogP contribution in [0.3, 0.4) is 0 Å². The van der Waals surface area contributed by atoms with Gasteiger partial charge in [0.2, 0.25) is 0 Å². The maximum Gasteiger partial charge on any atom is 0.263 e. The van der Waals surface area contributed by atoms with Crippen molar-refractivity contribution in [2.24, 2.45) is 0 Å². The third-order valence-corrected chi connectivity index (χ3v) is 3.85. The number of thiophene rings is 1. The van der Waals surface area contributed by atoms with Gasteiger partial charge in [-0.05, 0) is 34.3 Å². The van der Waals surface area contributed by atoms with E-state index in [2.05, 4.69) is 36.4 Å². The van der Waals surface area contributed by atoms with Gasteiger partial charge in [0, 0.05) is 4.47 Å². The summed E-state index contributed by atoms with van der Waals surface area (Å²) >= 11 is 4.71. The molecule has 0 fully saturated rings. The van der Waals surface area contributed by atoms with Crippen LogP contribution in [-0.2, 0) is 0 Å². The van der Waals surface area contributed by atoms with Gasteiger partial charge in [0.25, 0.3) is 5.91 Å². The molecule has 1 amide bonds. The molecular weight excluding hydrogens is 292 g/mol. The Morgan fingerprint density at radius 2 is 2.50 bits per heavy atom. The van der Waals surface area contributed by atoms with E-state index in [1.807, 2.05) is 18.4 Å². The van der Waals surface area contributed by atoms with Gasteiger partial charge in [-0.3, -0.25) is 9.89 Å². The Bertz CT molecular complexity index is 481. The molecule has 2 aromatic heterocycles. The highest BCUT2D eigenvalue weighted by atomic mass is 79.9. The molecule has 0 aliphatic carbocycles. The fourth-order valence-electron chi connectivity index (χ4n) is 1.21. The normalized spacial score (nSPS) is 12.4. The number of carbonyl (C=O) groups is 1. The van der Waals surface area contributed by atoms with Crippen molar-refractivity contribution in [1.82, 2.24) is 20.5 Å². The summed E-state index contributed by atoms with van der Waals surface area (Å²) in [5.41, 5.74) is 0. The summed E-state index contributed by atoms with van der Waals surface area (Å²) < 4.78 is 0.805. The molecule has 1 unspecified atom stereocenters. The first-order valence-electron chi connectivity index (χ1n) is 4.57. The highest BCUT2D eigenvalue weighted by Crippen LogP contribution is 2.23. The third kappa shape index (κ3) is 2.30. The molecule has 0 aromatic carbocycles. The monoisotopic (exact) mass is 300 g/mol. The lowest BCUT2D eigenvalue weighted by Gasteiger charge is -2.09. The van der Waals surface area contributed by atoms with Crippen molar-refractivity contribution in [3.8, 4) is 0 Å². The maximum atomic E-state index is 11.8. The van der Waals surface area contributed by atoms with Crippen LogP contribution in [-0.4, -0.2) is 21.1 Å². The Morgan fingerprint density at radius 1 is 1.69 bits per heavy atom. The number of halogens is 1. The number of aromatic amines is 1. The molecular formula is C9H9BrN4OS. The van der Waals surface area contributed by atoms with Gasteiger partial charge in [-0.1, -0.05) is 0 Å². The number of carbonyl (C=O) groups excluding carboxylic acids is 1. The Hall–Kier alpha value is -1.21. The summed E-state index contributed by atoms with van der Waals surface area (Å²) in [6, 6.07) is 1.66. The second kappa shape index (κ2) is 4.75. The summed E-state index contributed by atoms with van der Waals surface area (Å²) in [6.45, 7) is 1.85. The third-order valence-electron chi connectivity index (χ3n) is 2.01. The molecule has 0 aliphatic heterocycles. The molecule has 16 heavy (non-hydrogen) atoms. The number of aromatic nitrogens is 3. The molecule has 2 aromatic rings. The summed E-state index contributed by atoms with van der Waals surface area (Å²) in [5, 5.41) is 11.1. The van der Waals surface area contributed by atoms with E-state index in [1.54, 1.807) is 0 Å². The summed E-state index contributed by atoms with van der Waals surface area (Å²) in [6.07, 6.45) is 1.42. The highest BCUT2D eigenvalue weighted by molar-refractivity contribution is 9.10. The van der Waals surface area contributed by atoms with E-state index >= 15 is 0 Å². The molecule has 0 bridgehead atoms. The van der Waals surface area contributed by atoms with Crippen molar-refractivity contribution in [3.63, 3.8) is 0 Å². The minimum absolute atomic E-state index is 0.120. The fourth-order valence-corrected chi connectivity index (χ4v) is 2.66. The smallest absolute Gasteiger partial charge is 0.263 e. The molecule has 2 heterocycles. The Kier molecular flexibility index (Phi) is 3.35. The van der Waals surface area contributed by atoms with E-state index in [1.165, 1.54) is 17.7 Å². The van der Waals surface area contributed by atoms with Crippen LogP contribution in [0.1, 0.15) is 28.5 Å². The lowest BCUT2D eigenvalue weighted by Crippen LogP contribution is -2.26. The molecule has 84 valence electrons. The van der Waals surface area contributed by atoms with Crippen molar-refractivity contribution < 1.29 is 4.79 Å². The van der Waals surface area contributed by atoms with Crippen LogP contribution >= 0.6 is 27.3 Å². The second-order valence-corrected chi connectivity index (χ2v) is 4.93. The molecule has 7 heteroatoms. The summed E-state index contributed by atoms with van der Waals surface area (Å²) in [5.74, 6) is 0.520. The van der Waals surface area contributed by atoms with Gasteiger partial charge >= 0.3 is 0 Å². The van der Waals surface area contributed by atoms with Gasteiger partial charge in [-0.15, -0.1) is 11.3 Å². The minimum atomic E-state index is -0.191. The molecule has 1 atom stereocenters. The van der Waals surface area contributed by atoms with Crippen LogP contribution in [0.4, 0.5) is 0 Å². The Balaban J connectivity index is 2.06. The number of hydrogen-bond donors (Lipinski definition) is 2. The number of nitrogens with zero attached hydrogens (tertiary/aromatic N) is 2. The Labute approximate surface area is 104 Å². The average molecular weight is 301 g/mol. The van der Waals surface area contributed by atoms with Crippen LogP contribution in [0, 0.1) is 0 Å². The molecule has 2 rings (SSSR count). The first-order valence-corrected chi connectivity index (χ1v) is 6.25. The molecule has 0 spiro atoms. The van der Waals surface area contributed by atoms with Crippen LogP contribution in [0.15, 0.2) is 22.2 Å². The van der Waals surface area contributed by atoms with E-state index in [4.69, 9.17) is 0 Å². The zero-order chi connectivity index (χ0) is 11.5. The van der Waals surface area contributed by atoms with Gasteiger partial charge in [-0.25, -0.2) is 4.98 Å². The summed E-state index contributed by atoms with van der Waals surface area (Å²) in [7, 11) is 0. The van der Waals surface area contributed by atoms with E-state index in [-0.39, 0.29) is 11.9 Å². The summed E-state index contributed by atoms with van der Waals surface area (Å²) in [4.78, 5) is 16.5. The standard InChI is InChI=1S/C9H9BrN4OS/c1-5(8-11-4-12-14-8)13-9(15)7-6(10)2-3-16-7/h2-5H,1H3,(H,13,15)(H,11,12,14). The molecule has 2 N–H and O–H groups in total. The number of nitrogens with one attached hydrogen (secondary N) is 2. The van der Waals surface area contributed by atoms with Crippen molar-refractivity contribution in [2.45, 2.75) is 13.0 Å². The van der Waals surface area contributed by atoms with Gasteiger partial charge in [-0.2, -0.15) is 5.10 Å². The number of rotatable bonds is 3. The number of hydrogen-bond acceptors (Lipinski definition) is 4. The molecule has 0 radical (unpaired) electrons. The lowest BCUT2D eigenvalue weighted by atomic mass is 10.3. The average Bonchev–Trinajstić information content (AvgIpc) is 2.86. The van der Waals surface area contributed by atoms with Crippen LogP contribution in [0.5, 0.6) is 0 Å². The Morgan fingerprint density at radius 3 is 3.06 bits per heavy atom. The predicted molar refractivity (Wildman–Crippen MR) is 64.3 cm³/mol. The molecule has 0 aliphatic rings. The van der Waals surface area contributed by atoms with E-state index in [0.717, 1.165) is 4.47 Å². The molecule has 0 saturated heterocycles. The van der Waals surface area contributed by atoms with E-state index in [0.29, 0.717) is 10.7 Å². The van der Waals surface area contributed by atoms with Crippen molar-refractivity contribution in [1.29, 1.82) is 0 Å². The number of amides is 1. The fraction of sp³-hybridized carbons (Fsp3) is 0.222. The number of H-pyrrole nitrogens is 1. The van der Waals surface area contributed by atoms with Gasteiger partial charge in [0.1, 0.15) is 17.0 Å². The zero-order valence-corrected chi connectivity index (χ0v) is 10.8. The second-order valence-electron chi connectivity index (χ2n) is 3.16. The lowest BCUT2D eigenvalue weighted by molar-refractivity contribution is 0.0942. The zero-order valence-electron chi connectivity index (χ0n) is 8.40. The van der Waals surface area contributed by atoms with Crippen molar-refractivity contribution in [3.05, 3.63) is 32.9 Å². The maximum absolute atomic E-state index is 11.8. The minimum Gasteiger partial charge on any atom is -0.342 e. The van der Waals surface area contributed by atoms with E-state index in [9.17, 15) is 4.79 Å². The van der Waals surface area contributed by atoms with Crippen LogP contribution < -0.4 is 5.32 Å². The topological polar surface area (TPSA) is 70.7 Å². The predicted octanol–water partition coefficient (Wildman–Crippen LogP) is 2.12. The SMILES string of the molecule is CC(NC(=O)c1sccc1Br)c1ncn[nH]1. The largest absolute Gasteiger partial charge is 0.342 e. The highest BCUT2D eigenvalue weighted by Gasteiger charge is 2.16. The first kappa shape index (κ1) is 11.3. The van der Waals surface area contributed by atoms with Gasteiger partial charge in [0.15, 0.2) is 0 Å². The first-order chi connectivity index (χ1) is 7.68. The van der Waals surface area contributed by atoms with E-state index < -0.39 is 0 Å². The van der Waals surface area contributed by atoms with Crippen molar-refractivity contribution >= 4 is 33.2 Å². The van der Waals surface area contributed by atoms with Crippen LogP contribution in [0.25, 0.3) is 0 Å². The van der Waals surface area contributed by atoms with Gasteiger partial charge in [0.05, 0.1) is 6.04 Å².